The van der Waals surface area contributed by atoms with E-state index < -0.39 is 6.17 Å². The molecule has 2 bridgehead atoms. The van der Waals surface area contributed by atoms with Crippen LogP contribution in [0.4, 0.5) is 10.2 Å². The van der Waals surface area contributed by atoms with E-state index in [4.69, 9.17) is 19.7 Å². The number of ether oxygens (including phenoxy) is 1. The highest BCUT2D eigenvalue weighted by molar-refractivity contribution is 5.99. The van der Waals surface area contributed by atoms with Crippen LogP contribution in [0.25, 0.3) is 33.1 Å². The Bertz CT molecular complexity index is 1720. The predicted molar refractivity (Wildman–Crippen MR) is 162 cm³/mol. The van der Waals surface area contributed by atoms with Crippen molar-refractivity contribution in [2.75, 3.05) is 37.7 Å². The van der Waals surface area contributed by atoms with Gasteiger partial charge in [0, 0.05) is 49.2 Å². The van der Waals surface area contributed by atoms with E-state index in [0.29, 0.717) is 31.6 Å². The third-order valence-electron chi connectivity index (χ3n) is 10.3. The first-order chi connectivity index (χ1) is 20.4. The fraction of sp³-hybridized carbons (Fsp3) is 0.500. The zero-order valence-electron chi connectivity index (χ0n) is 24.3. The highest BCUT2D eigenvalue weighted by Gasteiger charge is 2.49. The lowest BCUT2D eigenvalue weighted by Crippen LogP contribution is -2.58. The molecule has 9 nitrogen and oxygen atoms in total. The molecular weight excluding hydrogens is 531 g/mol. The minimum Gasteiger partial charge on any atom is -0.461 e. The van der Waals surface area contributed by atoms with Crippen LogP contribution in [0, 0.1) is 13.8 Å². The number of anilines is 1. The van der Waals surface area contributed by atoms with Crippen LogP contribution in [0.15, 0.2) is 37.2 Å². The number of alkyl halides is 1. The Morgan fingerprint density at radius 2 is 2.07 bits per heavy atom. The van der Waals surface area contributed by atoms with E-state index in [1.807, 2.05) is 18.5 Å². The van der Waals surface area contributed by atoms with Gasteiger partial charge in [-0.05, 0) is 69.3 Å². The number of halogens is 1. The number of nitrogens with zero attached hydrogens (tertiary/aromatic N) is 6. The lowest BCUT2D eigenvalue weighted by Gasteiger charge is -2.40. The molecule has 7 heterocycles. The van der Waals surface area contributed by atoms with Crippen molar-refractivity contribution in [2.45, 2.75) is 69.2 Å². The van der Waals surface area contributed by atoms with E-state index in [1.54, 1.807) is 0 Å². The number of rotatable bonds is 6. The summed E-state index contributed by atoms with van der Waals surface area (Å²) in [5, 5.41) is 13.1. The quantitative estimate of drug-likeness (QED) is 0.325. The van der Waals surface area contributed by atoms with Crippen molar-refractivity contribution in [3.8, 4) is 17.3 Å². The van der Waals surface area contributed by atoms with Crippen LogP contribution in [-0.2, 0) is 0 Å². The van der Waals surface area contributed by atoms with Crippen LogP contribution >= 0.6 is 0 Å². The third-order valence-corrected chi connectivity index (χ3v) is 10.3. The summed E-state index contributed by atoms with van der Waals surface area (Å²) in [4.78, 5) is 19.5. The third kappa shape index (κ3) is 4.02. The average molecular weight is 569 g/mol. The molecule has 4 aliphatic rings. The number of fused-ring (bicyclic) bond motifs is 5. The molecule has 4 saturated heterocycles. The van der Waals surface area contributed by atoms with Crippen LogP contribution in [0.2, 0.25) is 0 Å². The van der Waals surface area contributed by atoms with Gasteiger partial charge in [-0.3, -0.25) is 15.0 Å². The second-order valence-electron chi connectivity index (χ2n) is 12.9. The summed E-state index contributed by atoms with van der Waals surface area (Å²) < 4.78 is 20.9. The number of aryl methyl sites for hydroxylation is 1. The second-order valence-corrected chi connectivity index (χ2v) is 12.9. The topological polar surface area (TPSA) is 95.1 Å². The maximum absolute atomic E-state index is 14.5. The second kappa shape index (κ2) is 9.44. The Morgan fingerprint density at radius 1 is 1.17 bits per heavy atom. The van der Waals surface area contributed by atoms with E-state index in [9.17, 15) is 4.39 Å². The van der Waals surface area contributed by atoms with Gasteiger partial charge in [-0.15, -0.1) is 6.58 Å². The molecule has 4 fully saturated rings. The van der Waals surface area contributed by atoms with Gasteiger partial charge in [0.2, 0.25) is 0 Å². The standard InChI is InChI=1S/C32H37FN8O/c1-4-31-8-6-22(38-31)16-40(17-31)29-24-13-34-27(28-20(3)19(2)10-26-23(28)14-35-39-26)11-25(24)36-30(37-29)42-18-32-7-5-9-41(32)15-21(33)12-32/h4,10-11,13-14,21-22,38H,1,5-9,12,15-18H2,2-3H3,(H,35,39). The largest absolute Gasteiger partial charge is 0.461 e. The summed E-state index contributed by atoms with van der Waals surface area (Å²) in [6.45, 7) is 11.8. The Labute approximate surface area is 244 Å². The average Bonchev–Trinajstić information content (AvgIpc) is 3.74. The fourth-order valence-electron chi connectivity index (χ4n) is 8.04. The van der Waals surface area contributed by atoms with E-state index >= 15 is 0 Å². The molecule has 42 heavy (non-hydrogen) atoms. The molecule has 10 heteroatoms. The monoisotopic (exact) mass is 568 g/mol. The molecular formula is C32H37FN8O. The van der Waals surface area contributed by atoms with Crippen molar-refractivity contribution in [3.05, 3.63) is 48.3 Å². The number of nitrogens with one attached hydrogen (secondary N) is 2. The Hall–Kier alpha value is -3.63. The van der Waals surface area contributed by atoms with Crippen LogP contribution in [0.3, 0.4) is 0 Å². The van der Waals surface area contributed by atoms with Gasteiger partial charge in [0.1, 0.15) is 18.6 Å². The molecule has 2 N–H and O–H groups in total. The number of H-pyrrole nitrogens is 1. The number of benzene rings is 1. The summed E-state index contributed by atoms with van der Waals surface area (Å²) in [5.41, 5.74) is 5.58. The van der Waals surface area contributed by atoms with Crippen molar-refractivity contribution in [1.29, 1.82) is 0 Å². The van der Waals surface area contributed by atoms with Gasteiger partial charge in [-0.25, -0.2) is 4.39 Å². The highest BCUT2D eigenvalue weighted by Crippen LogP contribution is 2.41. The lowest BCUT2D eigenvalue weighted by atomic mass is 9.95. The minimum absolute atomic E-state index is 0.135. The maximum Gasteiger partial charge on any atom is 0.319 e. The SMILES string of the molecule is C=CC12CCC(CN(c3nc(OCC45CCCN4CC(F)C5)nc4cc(-c5c(C)c(C)cc6[nH]ncc56)ncc34)C1)N2. The number of pyridine rings is 1. The smallest absolute Gasteiger partial charge is 0.319 e. The van der Waals surface area contributed by atoms with Crippen LogP contribution in [0.5, 0.6) is 6.01 Å². The fourth-order valence-corrected chi connectivity index (χ4v) is 8.04. The molecule has 4 aromatic rings. The van der Waals surface area contributed by atoms with Gasteiger partial charge in [-0.1, -0.05) is 6.08 Å². The van der Waals surface area contributed by atoms with Crippen LogP contribution in [-0.4, -0.2) is 86.1 Å². The number of hydrogen-bond acceptors (Lipinski definition) is 8. The van der Waals surface area contributed by atoms with Gasteiger partial charge in [0.05, 0.1) is 39.4 Å². The summed E-state index contributed by atoms with van der Waals surface area (Å²) in [5.74, 6) is 0.832. The molecule has 218 valence electrons. The first kappa shape index (κ1) is 26.0. The minimum atomic E-state index is -0.806. The first-order valence-electron chi connectivity index (χ1n) is 15.1. The summed E-state index contributed by atoms with van der Waals surface area (Å²) in [6, 6.07) is 4.88. The molecule has 4 unspecified atom stereocenters. The van der Waals surface area contributed by atoms with E-state index in [-0.39, 0.29) is 11.1 Å². The lowest BCUT2D eigenvalue weighted by molar-refractivity contribution is 0.107. The van der Waals surface area contributed by atoms with Gasteiger partial charge in [0.25, 0.3) is 0 Å². The number of piperazine rings is 1. The van der Waals surface area contributed by atoms with E-state index in [1.165, 1.54) is 5.56 Å². The van der Waals surface area contributed by atoms with Crippen LogP contribution < -0.4 is 15.0 Å². The Balaban J connectivity index is 1.23. The number of aromatic amines is 1. The maximum atomic E-state index is 14.5. The molecule has 1 aromatic carbocycles. The zero-order chi connectivity index (χ0) is 28.6. The van der Waals surface area contributed by atoms with Crippen molar-refractivity contribution in [3.63, 3.8) is 0 Å². The van der Waals surface area contributed by atoms with Crippen molar-refractivity contribution >= 4 is 27.6 Å². The van der Waals surface area contributed by atoms with E-state index in [0.717, 1.165) is 89.8 Å². The van der Waals surface area contributed by atoms with E-state index in [2.05, 4.69) is 57.9 Å². The van der Waals surface area contributed by atoms with Crippen molar-refractivity contribution in [1.82, 2.24) is 35.4 Å². The highest BCUT2D eigenvalue weighted by atomic mass is 19.1. The zero-order valence-corrected chi connectivity index (χ0v) is 24.3. The molecule has 0 radical (unpaired) electrons. The van der Waals surface area contributed by atoms with Crippen molar-refractivity contribution in [2.24, 2.45) is 0 Å². The molecule has 8 rings (SSSR count). The number of aromatic nitrogens is 5. The Kier molecular flexibility index (Phi) is 5.85. The van der Waals surface area contributed by atoms with Gasteiger partial charge < -0.3 is 15.0 Å². The normalized spacial score (nSPS) is 29.1. The molecule has 4 aliphatic heterocycles. The van der Waals surface area contributed by atoms with Gasteiger partial charge in [-0.2, -0.15) is 15.1 Å². The molecule has 4 atom stereocenters. The molecule has 3 aromatic heterocycles. The summed E-state index contributed by atoms with van der Waals surface area (Å²) in [6.07, 6.45) is 9.69. The van der Waals surface area contributed by atoms with Gasteiger partial charge in [0.15, 0.2) is 0 Å². The molecule has 0 amide bonds. The molecule has 0 spiro atoms. The van der Waals surface area contributed by atoms with Crippen molar-refractivity contribution < 1.29 is 9.13 Å². The van der Waals surface area contributed by atoms with Gasteiger partial charge >= 0.3 is 6.01 Å². The molecule has 0 aliphatic carbocycles. The van der Waals surface area contributed by atoms with Crippen LogP contribution in [0.1, 0.15) is 43.2 Å². The number of hydrogen-bond donors (Lipinski definition) is 2. The summed E-state index contributed by atoms with van der Waals surface area (Å²) >= 11 is 0. The summed E-state index contributed by atoms with van der Waals surface area (Å²) in [7, 11) is 0. The Morgan fingerprint density at radius 3 is 2.95 bits per heavy atom. The predicted octanol–water partition coefficient (Wildman–Crippen LogP) is 4.64. The first-order valence-corrected chi connectivity index (χ1v) is 15.1. The molecule has 0 saturated carbocycles.